The second-order valence-corrected chi connectivity index (χ2v) is 6.79. The largest absolute Gasteiger partial charge is 0.496 e. The molecule has 1 aromatic heterocycles. The number of urea groups is 1. The lowest BCUT2D eigenvalue weighted by Gasteiger charge is -2.22. The molecular formula is C21H21FN4O3. The van der Waals surface area contributed by atoms with E-state index >= 15 is 0 Å². The minimum atomic E-state index is -0.304. The first-order valence-corrected chi connectivity index (χ1v) is 9.41. The molecule has 2 heterocycles. The summed E-state index contributed by atoms with van der Waals surface area (Å²) in [5, 5.41) is 6.95. The van der Waals surface area contributed by atoms with Gasteiger partial charge in [0, 0.05) is 13.1 Å². The molecule has 3 aromatic rings. The number of carbonyl (C=O) groups excluding carboxylic acids is 1. The number of ether oxygens (including phenoxy) is 1. The van der Waals surface area contributed by atoms with Gasteiger partial charge in [-0.3, -0.25) is 0 Å². The molecule has 1 N–H and O–H groups in total. The van der Waals surface area contributed by atoms with Gasteiger partial charge in [-0.2, -0.15) is 4.98 Å². The molecule has 1 atom stereocenters. The number of aromatic nitrogens is 2. The number of amides is 2. The summed E-state index contributed by atoms with van der Waals surface area (Å²) < 4.78 is 23.9. The van der Waals surface area contributed by atoms with E-state index in [0.717, 1.165) is 24.0 Å². The van der Waals surface area contributed by atoms with E-state index in [1.807, 2.05) is 24.3 Å². The van der Waals surface area contributed by atoms with Crippen molar-refractivity contribution in [1.29, 1.82) is 0 Å². The molecule has 150 valence electrons. The van der Waals surface area contributed by atoms with Gasteiger partial charge >= 0.3 is 6.03 Å². The summed E-state index contributed by atoms with van der Waals surface area (Å²) in [6, 6.07) is 13.0. The molecule has 2 amide bonds. The molecule has 8 heteroatoms. The summed E-state index contributed by atoms with van der Waals surface area (Å²) >= 11 is 0. The fourth-order valence-corrected chi connectivity index (χ4v) is 3.46. The van der Waals surface area contributed by atoms with Gasteiger partial charge in [-0.1, -0.05) is 29.4 Å². The monoisotopic (exact) mass is 396 g/mol. The normalized spacial score (nSPS) is 16.1. The SMILES string of the molecule is COc1ccccc1-c1noc(C2CCCN2C(=O)NCc2ccc(F)cc2)n1. The number of benzene rings is 2. The summed E-state index contributed by atoms with van der Waals surface area (Å²) in [6.45, 7) is 0.922. The summed E-state index contributed by atoms with van der Waals surface area (Å²) in [7, 11) is 1.59. The average Bonchev–Trinajstić information content (AvgIpc) is 3.42. The molecule has 2 aromatic carbocycles. The van der Waals surface area contributed by atoms with E-state index in [9.17, 15) is 9.18 Å². The lowest BCUT2D eigenvalue weighted by atomic mass is 10.2. The van der Waals surface area contributed by atoms with Crippen LogP contribution in [0.4, 0.5) is 9.18 Å². The molecule has 7 nitrogen and oxygen atoms in total. The fraction of sp³-hybridized carbons (Fsp3) is 0.286. The summed E-state index contributed by atoms with van der Waals surface area (Å²) in [5.41, 5.74) is 1.56. The number of methoxy groups -OCH3 is 1. The van der Waals surface area contributed by atoms with E-state index in [4.69, 9.17) is 9.26 Å². The van der Waals surface area contributed by atoms with Crippen LogP contribution in [0.1, 0.15) is 30.3 Å². The van der Waals surface area contributed by atoms with Crippen LogP contribution in [0.5, 0.6) is 5.75 Å². The zero-order valence-corrected chi connectivity index (χ0v) is 16.0. The summed E-state index contributed by atoms with van der Waals surface area (Å²) in [4.78, 5) is 18.9. The molecule has 1 aliphatic rings. The van der Waals surface area contributed by atoms with Crippen molar-refractivity contribution in [3.8, 4) is 17.1 Å². The van der Waals surface area contributed by atoms with Crippen LogP contribution in [0.3, 0.4) is 0 Å². The number of carbonyl (C=O) groups is 1. The Kier molecular flexibility index (Phi) is 5.41. The van der Waals surface area contributed by atoms with E-state index in [1.54, 1.807) is 24.1 Å². The molecule has 1 fully saturated rings. The Morgan fingerprint density at radius 3 is 2.86 bits per heavy atom. The highest BCUT2D eigenvalue weighted by Crippen LogP contribution is 2.33. The quantitative estimate of drug-likeness (QED) is 0.707. The van der Waals surface area contributed by atoms with Crippen LogP contribution in [0.25, 0.3) is 11.4 Å². The Bertz CT molecular complexity index is 990. The molecule has 0 radical (unpaired) electrons. The number of nitrogens with zero attached hydrogens (tertiary/aromatic N) is 3. The molecule has 0 bridgehead atoms. The standard InChI is InChI=1S/C21H21FN4O3/c1-28-18-7-3-2-5-16(18)19-24-20(29-25-19)17-6-4-12-26(17)21(27)23-13-14-8-10-15(22)11-9-14/h2-3,5,7-11,17H,4,6,12-13H2,1H3,(H,23,27). The van der Waals surface area contributed by atoms with Crippen LogP contribution in [0.15, 0.2) is 53.1 Å². The van der Waals surface area contributed by atoms with Crippen molar-refractivity contribution in [2.75, 3.05) is 13.7 Å². The van der Waals surface area contributed by atoms with Gasteiger partial charge in [0.05, 0.1) is 12.7 Å². The van der Waals surface area contributed by atoms with Crippen molar-refractivity contribution >= 4 is 6.03 Å². The molecule has 4 rings (SSSR count). The zero-order valence-electron chi connectivity index (χ0n) is 16.0. The van der Waals surface area contributed by atoms with Crippen LogP contribution in [0, 0.1) is 5.82 Å². The van der Waals surface area contributed by atoms with Crippen LogP contribution >= 0.6 is 0 Å². The van der Waals surface area contributed by atoms with Crippen molar-refractivity contribution in [3.05, 3.63) is 65.8 Å². The van der Waals surface area contributed by atoms with Crippen LogP contribution in [-0.2, 0) is 6.54 Å². The summed E-state index contributed by atoms with van der Waals surface area (Å²) in [6.07, 6.45) is 1.60. The van der Waals surface area contributed by atoms with E-state index in [0.29, 0.717) is 30.6 Å². The van der Waals surface area contributed by atoms with Gasteiger partial charge in [0.15, 0.2) is 0 Å². The second kappa shape index (κ2) is 8.30. The number of hydrogen-bond acceptors (Lipinski definition) is 5. The first kappa shape index (κ1) is 18.9. The van der Waals surface area contributed by atoms with E-state index in [1.165, 1.54) is 12.1 Å². The third kappa shape index (κ3) is 4.06. The number of rotatable bonds is 5. The van der Waals surface area contributed by atoms with Crippen molar-refractivity contribution < 1.29 is 18.4 Å². The van der Waals surface area contributed by atoms with Crippen LogP contribution < -0.4 is 10.1 Å². The first-order chi connectivity index (χ1) is 14.2. The Balaban J connectivity index is 1.46. The summed E-state index contributed by atoms with van der Waals surface area (Å²) in [5.74, 6) is 1.18. The Hall–Kier alpha value is -3.42. The van der Waals surface area contributed by atoms with Gasteiger partial charge in [0.25, 0.3) is 0 Å². The molecule has 1 aliphatic heterocycles. The minimum absolute atomic E-state index is 0.214. The van der Waals surface area contributed by atoms with E-state index in [2.05, 4.69) is 15.5 Å². The number of hydrogen-bond donors (Lipinski definition) is 1. The average molecular weight is 396 g/mol. The number of nitrogens with one attached hydrogen (secondary N) is 1. The van der Waals surface area contributed by atoms with Crippen molar-refractivity contribution in [2.24, 2.45) is 0 Å². The predicted octanol–water partition coefficient (Wildman–Crippen LogP) is 3.93. The van der Waals surface area contributed by atoms with Crippen LogP contribution in [0.2, 0.25) is 0 Å². The number of para-hydroxylation sites is 1. The highest BCUT2D eigenvalue weighted by atomic mass is 19.1. The van der Waals surface area contributed by atoms with Crippen LogP contribution in [-0.4, -0.2) is 34.7 Å². The molecule has 29 heavy (non-hydrogen) atoms. The minimum Gasteiger partial charge on any atom is -0.496 e. The molecule has 0 saturated carbocycles. The predicted molar refractivity (Wildman–Crippen MR) is 104 cm³/mol. The van der Waals surface area contributed by atoms with Gasteiger partial charge in [-0.05, 0) is 42.7 Å². The Labute approximate surface area is 167 Å². The van der Waals surface area contributed by atoms with Gasteiger partial charge in [0.2, 0.25) is 11.7 Å². The highest BCUT2D eigenvalue weighted by molar-refractivity contribution is 5.75. The maximum Gasteiger partial charge on any atom is 0.318 e. The van der Waals surface area contributed by atoms with Crippen molar-refractivity contribution in [3.63, 3.8) is 0 Å². The smallest absolute Gasteiger partial charge is 0.318 e. The number of halogens is 1. The maximum atomic E-state index is 13.0. The lowest BCUT2D eigenvalue weighted by molar-refractivity contribution is 0.180. The van der Waals surface area contributed by atoms with Crippen molar-refractivity contribution in [2.45, 2.75) is 25.4 Å². The zero-order chi connectivity index (χ0) is 20.2. The lowest BCUT2D eigenvalue weighted by Crippen LogP contribution is -2.39. The molecule has 1 saturated heterocycles. The third-order valence-electron chi connectivity index (χ3n) is 4.95. The Morgan fingerprint density at radius 1 is 1.28 bits per heavy atom. The van der Waals surface area contributed by atoms with Gasteiger partial charge < -0.3 is 19.5 Å². The van der Waals surface area contributed by atoms with Gasteiger partial charge in [-0.15, -0.1) is 0 Å². The fourth-order valence-electron chi connectivity index (χ4n) is 3.46. The molecule has 0 aliphatic carbocycles. The molecule has 0 spiro atoms. The van der Waals surface area contributed by atoms with E-state index in [-0.39, 0.29) is 17.9 Å². The van der Waals surface area contributed by atoms with Gasteiger partial charge in [0.1, 0.15) is 17.6 Å². The number of likely N-dealkylation sites (tertiary alicyclic amines) is 1. The third-order valence-corrected chi connectivity index (χ3v) is 4.95. The Morgan fingerprint density at radius 2 is 2.07 bits per heavy atom. The highest BCUT2D eigenvalue weighted by Gasteiger charge is 2.34. The second-order valence-electron chi connectivity index (χ2n) is 6.79. The first-order valence-electron chi connectivity index (χ1n) is 9.41. The topological polar surface area (TPSA) is 80.5 Å². The van der Waals surface area contributed by atoms with E-state index < -0.39 is 0 Å². The van der Waals surface area contributed by atoms with Crippen molar-refractivity contribution in [1.82, 2.24) is 20.4 Å². The maximum absolute atomic E-state index is 13.0. The van der Waals surface area contributed by atoms with Gasteiger partial charge in [-0.25, -0.2) is 9.18 Å². The molecular weight excluding hydrogens is 375 g/mol. The molecule has 1 unspecified atom stereocenters.